The van der Waals surface area contributed by atoms with Gasteiger partial charge in [0.15, 0.2) is 17.3 Å². The molecule has 2 aliphatic rings. The first-order valence-electron chi connectivity index (χ1n) is 10.2. The molecular weight excluding hydrogens is 424 g/mol. The molecule has 8 heteroatoms. The number of carbonyl (C=O) groups excluding carboxylic acids is 3. The molecule has 2 aromatic carbocycles. The van der Waals surface area contributed by atoms with Crippen molar-refractivity contribution < 1.29 is 23.7 Å². The van der Waals surface area contributed by atoms with Crippen molar-refractivity contribution in [1.82, 2.24) is 0 Å². The first kappa shape index (κ1) is 20.3. The van der Waals surface area contributed by atoms with Crippen LogP contribution in [0.2, 0.25) is 0 Å². The van der Waals surface area contributed by atoms with E-state index in [-0.39, 0.29) is 28.5 Å². The number of rotatable bonds is 4. The molecule has 1 amide bonds. The smallest absolute Gasteiger partial charge is 0.291 e. The van der Waals surface area contributed by atoms with Crippen LogP contribution in [0.25, 0.3) is 0 Å². The lowest BCUT2D eigenvalue weighted by molar-refractivity contribution is -0.512. The molecule has 1 aromatic heterocycles. The molecule has 33 heavy (non-hydrogen) atoms. The molecule has 5 rings (SSSR count). The Bertz CT molecular complexity index is 1400. The molecule has 0 bridgehead atoms. The minimum absolute atomic E-state index is 0.0273. The zero-order valence-corrected chi connectivity index (χ0v) is 17.1. The van der Waals surface area contributed by atoms with Crippen molar-refractivity contribution in [2.24, 2.45) is 0 Å². The summed E-state index contributed by atoms with van der Waals surface area (Å²) in [4.78, 5) is 49.2. The second-order valence-corrected chi connectivity index (χ2v) is 7.69. The van der Waals surface area contributed by atoms with E-state index in [2.05, 4.69) is 5.32 Å². The zero-order valence-electron chi connectivity index (χ0n) is 17.1. The lowest BCUT2D eigenvalue weighted by Crippen LogP contribution is -2.25. The van der Waals surface area contributed by atoms with Crippen molar-refractivity contribution in [2.45, 2.75) is 12.0 Å². The summed E-state index contributed by atoms with van der Waals surface area (Å²) in [6.07, 6.45) is 6.41. The fraction of sp³-hybridized carbons (Fsp3) is 0.0800. The molecule has 162 valence electrons. The van der Waals surface area contributed by atoms with E-state index in [0.717, 1.165) is 0 Å². The molecule has 8 nitrogen and oxygen atoms in total. The topological polar surface area (TPSA) is 120 Å². The summed E-state index contributed by atoms with van der Waals surface area (Å²) in [6.45, 7) is 0. The van der Waals surface area contributed by atoms with Crippen molar-refractivity contribution in [3.05, 3.63) is 123 Å². The van der Waals surface area contributed by atoms with Gasteiger partial charge in [0, 0.05) is 32.9 Å². The van der Waals surface area contributed by atoms with Gasteiger partial charge in [-0.15, -0.1) is 0 Å². The molecule has 3 aromatic rings. The predicted molar refractivity (Wildman–Crippen MR) is 118 cm³/mol. The van der Waals surface area contributed by atoms with E-state index >= 15 is 0 Å². The number of anilines is 1. The molecule has 0 aliphatic heterocycles. The molecule has 1 N–H and O–H groups in total. The van der Waals surface area contributed by atoms with Gasteiger partial charge in [-0.05, 0) is 36.4 Å². The van der Waals surface area contributed by atoms with Crippen LogP contribution in [0, 0.1) is 10.1 Å². The van der Waals surface area contributed by atoms with E-state index in [1.54, 1.807) is 42.5 Å². The van der Waals surface area contributed by atoms with Gasteiger partial charge in [-0.3, -0.25) is 24.5 Å². The molecule has 0 spiro atoms. The van der Waals surface area contributed by atoms with Crippen molar-refractivity contribution in [3.63, 3.8) is 0 Å². The maximum Gasteiger partial charge on any atom is 0.291 e. The van der Waals surface area contributed by atoms with E-state index in [9.17, 15) is 24.5 Å². The number of nitro groups is 1. The number of fused-ring (bicyclic) bond motifs is 2. The summed E-state index contributed by atoms with van der Waals surface area (Å²) in [5.74, 6) is -1.47. The number of hydrogen-bond donors (Lipinski definition) is 1. The highest BCUT2D eigenvalue weighted by Gasteiger charge is 2.33. The second kappa shape index (κ2) is 7.83. The summed E-state index contributed by atoms with van der Waals surface area (Å²) in [5.41, 5.74) is 1.49. The summed E-state index contributed by atoms with van der Waals surface area (Å²) in [5, 5.41) is 14.0. The number of benzene rings is 2. The van der Waals surface area contributed by atoms with Gasteiger partial charge in [-0.1, -0.05) is 42.5 Å². The highest BCUT2D eigenvalue weighted by atomic mass is 16.6. The van der Waals surface area contributed by atoms with Gasteiger partial charge in [0.25, 0.3) is 5.91 Å². The number of nitrogens with one attached hydrogen (secondary N) is 1. The van der Waals surface area contributed by atoms with E-state index in [1.165, 1.54) is 36.4 Å². The molecule has 2 unspecified atom stereocenters. The SMILES string of the molecule is O=C(Nc1ccc2c(c1)C(=O)c1ccccc1C2=O)c1ccc(C2C=CC=CC2[N+](=O)[O-])o1. The van der Waals surface area contributed by atoms with Crippen molar-refractivity contribution in [3.8, 4) is 0 Å². The molecule has 2 aliphatic carbocycles. The normalized spacial score (nSPS) is 18.5. The van der Waals surface area contributed by atoms with E-state index in [0.29, 0.717) is 22.6 Å². The third kappa shape index (κ3) is 3.47. The molecule has 0 radical (unpaired) electrons. The minimum Gasteiger partial charge on any atom is -0.455 e. The van der Waals surface area contributed by atoms with Gasteiger partial charge in [-0.2, -0.15) is 0 Å². The van der Waals surface area contributed by atoms with Crippen LogP contribution in [0.15, 0.2) is 83.3 Å². The lowest BCUT2D eigenvalue weighted by atomic mass is 9.84. The summed E-state index contributed by atoms with van der Waals surface area (Å²) < 4.78 is 5.61. The Morgan fingerprint density at radius 3 is 2.27 bits per heavy atom. The van der Waals surface area contributed by atoms with Crippen LogP contribution in [0.4, 0.5) is 5.69 Å². The molecule has 1 heterocycles. The number of nitrogens with zero attached hydrogens (tertiary/aromatic N) is 1. The lowest BCUT2D eigenvalue weighted by Gasteiger charge is -2.18. The van der Waals surface area contributed by atoms with Crippen LogP contribution in [-0.4, -0.2) is 28.4 Å². The van der Waals surface area contributed by atoms with Crippen molar-refractivity contribution in [2.75, 3.05) is 5.32 Å². The van der Waals surface area contributed by atoms with Crippen LogP contribution in [-0.2, 0) is 0 Å². The van der Waals surface area contributed by atoms with E-state index in [1.807, 2.05) is 0 Å². The number of furan rings is 1. The fourth-order valence-electron chi connectivity index (χ4n) is 4.08. The summed E-state index contributed by atoms with van der Waals surface area (Å²) in [6, 6.07) is 13.1. The van der Waals surface area contributed by atoms with Crippen LogP contribution in [0.1, 0.15) is 54.1 Å². The third-order valence-corrected chi connectivity index (χ3v) is 5.71. The highest BCUT2D eigenvalue weighted by Crippen LogP contribution is 2.31. The maximum atomic E-state index is 12.9. The zero-order chi connectivity index (χ0) is 23.1. The van der Waals surface area contributed by atoms with Gasteiger partial charge in [0.05, 0.1) is 0 Å². The molecular formula is C25H16N2O6. The number of amides is 1. The number of allylic oxidation sites excluding steroid dienone is 2. The molecule has 0 saturated carbocycles. The number of ketones is 2. The van der Waals surface area contributed by atoms with Gasteiger partial charge >= 0.3 is 0 Å². The Labute approximate surface area is 187 Å². The fourth-order valence-corrected chi connectivity index (χ4v) is 4.08. The minimum atomic E-state index is -0.982. The summed E-state index contributed by atoms with van der Waals surface area (Å²) in [7, 11) is 0. The Balaban J connectivity index is 1.38. The number of carbonyl (C=O) groups is 3. The monoisotopic (exact) mass is 440 g/mol. The predicted octanol–water partition coefficient (Wildman–Crippen LogP) is 4.16. The van der Waals surface area contributed by atoms with Gasteiger partial charge in [0.1, 0.15) is 11.7 Å². The highest BCUT2D eigenvalue weighted by molar-refractivity contribution is 6.28. The third-order valence-electron chi connectivity index (χ3n) is 5.71. The van der Waals surface area contributed by atoms with Crippen LogP contribution < -0.4 is 5.32 Å². The van der Waals surface area contributed by atoms with E-state index < -0.39 is 22.8 Å². The van der Waals surface area contributed by atoms with E-state index in [4.69, 9.17) is 4.42 Å². The summed E-state index contributed by atoms with van der Waals surface area (Å²) >= 11 is 0. The van der Waals surface area contributed by atoms with Gasteiger partial charge in [0.2, 0.25) is 6.04 Å². The molecule has 2 atom stereocenters. The average molecular weight is 440 g/mol. The Morgan fingerprint density at radius 1 is 0.879 bits per heavy atom. The van der Waals surface area contributed by atoms with Crippen molar-refractivity contribution >= 4 is 23.2 Å². The van der Waals surface area contributed by atoms with Crippen LogP contribution in [0.3, 0.4) is 0 Å². The van der Waals surface area contributed by atoms with Gasteiger partial charge < -0.3 is 9.73 Å². The molecule has 0 fully saturated rings. The largest absolute Gasteiger partial charge is 0.455 e. The Hall–Kier alpha value is -4.59. The Kier molecular flexibility index (Phi) is 4.82. The Morgan fingerprint density at radius 2 is 1.55 bits per heavy atom. The number of hydrogen-bond acceptors (Lipinski definition) is 6. The quantitative estimate of drug-likeness (QED) is 0.376. The first-order valence-corrected chi connectivity index (χ1v) is 10.2. The van der Waals surface area contributed by atoms with Gasteiger partial charge in [-0.25, -0.2) is 0 Å². The maximum absolute atomic E-state index is 12.9. The van der Waals surface area contributed by atoms with Crippen LogP contribution in [0.5, 0.6) is 0 Å². The average Bonchev–Trinajstić information content (AvgIpc) is 3.33. The molecule has 0 saturated heterocycles. The first-order chi connectivity index (χ1) is 15.9. The standard InChI is InChI=1S/C25H16N2O6/c28-23-15-5-1-2-6-16(15)24(29)19-13-14(9-10-17(19)23)26-25(30)22-12-11-21(33-22)18-7-3-4-8-20(18)27(31)32/h1-13,18,20H,(H,26,30). The second-order valence-electron chi connectivity index (χ2n) is 7.69. The van der Waals surface area contributed by atoms with Crippen molar-refractivity contribution in [1.29, 1.82) is 0 Å². The van der Waals surface area contributed by atoms with Crippen LogP contribution >= 0.6 is 0 Å².